The second-order valence-corrected chi connectivity index (χ2v) is 7.31. The SMILES string of the molecule is CC(=O)Nc1ccc(C(=O)NCc2ccc(C(=O)N3CCCC3)cc2)s1. The van der Waals surface area contributed by atoms with E-state index < -0.39 is 0 Å². The first-order valence-electron chi connectivity index (χ1n) is 8.57. The zero-order chi connectivity index (χ0) is 18.5. The van der Waals surface area contributed by atoms with Crippen molar-refractivity contribution >= 4 is 34.1 Å². The van der Waals surface area contributed by atoms with Crippen LogP contribution in [-0.2, 0) is 11.3 Å². The van der Waals surface area contributed by atoms with Gasteiger partial charge in [0.25, 0.3) is 11.8 Å². The largest absolute Gasteiger partial charge is 0.347 e. The van der Waals surface area contributed by atoms with E-state index in [-0.39, 0.29) is 17.7 Å². The number of nitrogens with zero attached hydrogens (tertiary/aromatic N) is 1. The molecule has 1 aliphatic heterocycles. The lowest BCUT2D eigenvalue weighted by molar-refractivity contribution is -0.114. The first-order chi connectivity index (χ1) is 12.5. The van der Waals surface area contributed by atoms with Crippen LogP contribution in [0.1, 0.15) is 45.4 Å². The van der Waals surface area contributed by atoms with E-state index in [9.17, 15) is 14.4 Å². The lowest BCUT2D eigenvalue weighted by atomic mass is 10.1. The van der Waals surface area contributed by atoms with Gasteiger partial charge in [0.15, 0.2) is 0 Å². The summed E-state index contributed by atoms with van der Waals surface area (Å²) in [7, 11) is 0. The quantitative estimate of drug-likeness (QED) is 0.848. The Hall–Kier alpha value is -2.67. The molecule has 1 aromatic heterocycles. The summed E-state index contributed by atoms with van der Waals surface area (Å²) in [5, 5.41) is 6.15. The minimum Gasteiger partial charge on any atom is -0.347 e. The third kappa shape index (κ3) is 4.49. The maximum atomic E-state index is 12.3. The zero-order valence-electron chi connectivity index (χ0n) is 14.6. The number of benzene rings is 1. The molecule has 0 unspecified atom stereocenters. The molecule has 136 valence electrons. The summed E-state index contributed by atoms with van der Waals surface area (Å²) in [5.41, 5.74) is 1.61. The van der Waals surface area contributed by atoms with Gasteiger partial charge in [-0.05, 0) is 42.7 Å². The van der Waals surface area contributed by atoms with Gasteiger partial charge in [0.2, 0.25) is 5.91 Å². The van der Waals surface area contributed by atoms with Gasteiger partial charge in [-0.3, -0.25) is 14.4 Å². The number of rotatable bonds is 5. The van der Waals surface area contributed by atoms with Crippen molar-refractivity contribution in [1.82, 2.24) is 10.2 Å². The molecule has 1 saturated heterocycles. The van der Waals surface area contributed by atoms with Crippen LogP contribution in [0.3, 0.4) is 0 Å². The van der Waals surface area contributed by atoms with Crippen molar-refractivity contribution in [2.24, 2.45) is 0 Å². The first-order valence-corrected chi connectivity index (χ1v) is 9.38. The molecule has 2 N–H and O–H groups in total. The van der Waals surface area contributed by atoms with E-state index in [1.165, 1.54) is 18.3 Å². The monoisotopic (exact) mass is 371 g/mol. The van der Waals surface area contributed by atoms with E-state index in [1.54, 1.807) is 12.1 Å². The number of amides is 3. The summed E-state index contributed by atoms with van der Waals surface area (Å²) in [5.74, 6) is -0.284. The molecule has 1 fully saturated rings. The molecule has 6 nitrogen and oxygen atoms in total. The Labute approximate surface area is 156 Å². The highest BCUT2D eigenvalue weighted by Gasteiger charge is 2.19. The van der Waals surface area contributed by atoms with Crippen molar-refractivity contribution in [3.8, 4) is 0 Å². The highest BCUT2D eigenvalue weighted by atomic mass is 32.1. The summed E-state index contributed by atoms with van der Waals surface area (Å²) < 4.78 is 0. The van der Waals surface area contributed by atoms with E-state index >= 15 is 0 Å². The van der Waals surface area contributed by atoms with E-state index in [0.717, 1.165) is 31.5 Å². The average molecular weight is 371 g/mol. The Morgan fingerprint density at radius 3 is 2.38 bits per heavy atom. The summed E-state index contributed by atoms with van der Waals surface area (Å²) in [6, 6.07) is 10.7. The average Bonchev–Trinajstić information content (AvgIpc) is 3.31. The molecule has 0 saturated carbocycles. The first kappa shape index (κ1) is 18.1. The minimum atomic E-state index is -0.191. The lowest BCUT2D eigenvalue weighted by Crippen LogP contribution is -2.27. The molecule has 1 aromatic carbocycles. The number of hydrogen-bond acceptors (Lipinski definition) is 4. The van der Waals surface area contributed by atoms with Crippen LogP contribution in [-0.4, -0.2) is 35.7 Å². The van der Waals surface area contributed by atoms with Crippen LogP contribution in [0, 0.1) is 0 Å². The summed E-state index contributed by atoms with van der Waals surface area (Å²) in [4.78, 5) is 38.0. The smallest absolute Gasteiger partial charge is 0.261 e. The zero-order valence-corrected chi connectivity index (χ0v) is 15.4. The van der Waals surface area contributed by atoms with Crippen LogP contribution in [0.2, 0.25) is 0 Å². The van der Waals surface area contributed by atoms with Crippen LogP contribution in [0.15, 0.2) is 36.4 Å². The molecule has 0 bridgehead atoms. The number of anilines is 1. The fourth-order valence-corrected chi connectivity index (χ4v) is 3.71. The van der Waals surface area contributed by atoms with Gasteiger partial charge in [0.1, 0.15) is 0 Å². The Kier molecular flexibility index (Phi) is 5.68. The number of nitrogens with one attached hydrogen (secondary N) is 2. The van der Waals surface area contributed by atoms with E-state index in [1.807, 2.05) is 29.2 Å². The minimum absolute atomic E-state index is 0.0715. The molecule has 26 heavy (non-hydrogen) atoms. The summed E-state index contributed by atoms with van der Waals surface area (Å²) >= 11 is 1.23. The number of thiophene rings is 1. The van der Waals surface area contributed by atoms with Crippen molar-refractivity contribution in [2.45, 2.75) is 26.3 Å². The number of likely N-dealkylation sites (tertiary alicyclic amines) is 1. The second-order valence-electron chi connectivity index (χ2n) is 6.22. The molecule has 0 radical (unpaired) electrons. The molecule has 0 atom stereocenters. The maximum absolute atomic E-state index is 12.3. The summed E-state index contributed by atoms with van der Waals surface area (Å²) in [6.07, 6.45) is 2.14. The molecule has 0 aliphatic carbocycles. The highest BCUT2D eigenvalue weighted by molar-refractivity contribution is 7.18. The molecule has 2 aromatic rings. The fraction of sp³-hybridized carbons (Fsp3) is 0.316. The van der Waals surface area contributed by atoms with Crippen LogP contribution in [0.4, 0.5) is 5.00 Å². The Morgan fingerprint density at radius 1 is 1.04 bits per heavy atom. The number of carbonyl (C=O) groups is 3. The van der Waals surface area contributed by atoms with Crippen LogP contribution in [0.5, 0.6) is 0 Å². The van der Waals surface area contributed by atoms with Crippen molar-refractivity contribution < 1.29 is 14.4 Å². The predicted octanol–water partition coefficient (Wildman–Crippen LogP) is 2.87. The molecule has 3 amide bonds. The Bertz CT molecular complexity index is 808. The van der Waals surface area contributed by atoms with Gasteiger partial charge in [-0.1, -0.05) is 12.1 Å². The van der Waals surface area contributed by atoms with Crippen LogP contribution in [0.25, 0.3) is 0 Å². The second kappa shape index (κ2) is 8.14. The van der Waals surface area contributed by atoms with Gasteiger partial charge in [-0.15, -0.1) is 11.3 Å². The standard InChI is InChI=1S/C19H21N3O3S/c1-13(23)21-17-9-8-16(26-17)18(24)20-12-14-4-6-15(7-5-14)19(25)22-10-2-3-11-22/h4-9H,2-3,10-12H2,1H3,(H,20,24)(H,21,23). The normalized spacial score (nSPS) is 13.5. The van der Waals surface area contributed by atoms with E-state index in [0.29, 0.717) is 22.0 Å². The van der Waals surface area contributed by atoms with Gasteiger partial charge in [0, 0.05) is 32.1 Å². The van der Waals surface area contributed by atoms with Gasteiger partial charge >= 0.3 is 0 Å². The van der Waals surface area contributed by atoms with E-state index in [2.05, 4.69) is 10.6 Å². The predicted molar refractivity (Wildman–Crippen MR) is 101 cm³/mol. The molecule has 2 heterocycles. The third-order valence-electron chi connectivity index (χ3n) is 4.18. The van der Waals surface area contributed by atoms with Crippen LogP contribution >= 0.6 is 11.3 Å². The molecular weight excluding hydrogens is 350 g/mol. The Balaban J connectivity index is 1.54. The number of hydrogen-bond donors (Lipinski definition) is 2. The van der Waals surface area contributed by atoms with Crippen LogP contribution < -0.4 is 10.6 Å². The highest BCUT2D eigenvalue weighted by Crippen LogP contribution is 2.21. The van der Waals surface area contributed by atoms with E-state index in [4.69, 9.17) is 0 Å². The topological polar surface area (TPSA) is 78.5 Å². The van der Waals surface area contributed by atoms with Gasteiger partial charge in [-0.25, -0.2) is 0 Å². The van der Waals surface area contributed by atoms with Crippen molar-refractivity contribution in [3.05, 3.63) is 52.4 Å². The molecular formula is C19H21N3O3S. The molecule has 7 heteroatoms. The van der Waals surface area contributed by atoms with Crippen molar-refractivity contribution in [3.63, 3.8) is 0 Å². The summed E-state index contributed by atoms with van der Waals surface area (Å²) in [6.45, 7) is 3.47. The van der Waals surface area contributed by atoms with Crippen molar-refractivity contribution in [2.75, 3.05) is 18.4 Å². The molecule has 3 rings (SSSR count). The van der Waals surface area contributed by atoms with Gasteiger partial charge in [0.05, 0.1) is 9.88 Å². The fourth-order valence-electron chi connectivity index (χ4n) is 2.84. The van der Waals surface area contributed by atoms with Crippen molar-refractivity contribution in [1.29, 1.82) is 0 Å². The molecule has 1 aliphatic rings. The lowest BCUT2D eigenvalue weighted by Gasteiger charge is -2.15. The van der Waals surface area contributed by atoms with Gasteiger partial charge < -0.3 is 15.5 Å². The Morgan fingerprint density at radius 2 is 1.73 bits per heavy atom. The number of carbonyl (C=O) groups excluding carboxylic acids is 3. The van der Waals surface area contributed by atoms with Gasteiger partial charge in [-0.2, -0.15) is 0 Å². The molecule has 0 spiro atoms. The third-order valence-corrected chi connectivity index (χ3v) is 5.18. The maximum Gasteiger partial charge on any atom is 0.261 e.